The average molecular weight is 1040 g/mol. The summed E-state index contributed by atoms with van der Waals surface area (Å²) in [7, 11) is 1.39. The molecule has 7 amide bonds. The van der Waals surface area contributed by atoms with E-state index >= 15 is 0 Å². The van der Waals surface area contributed by atoms with Crippen molar-refractivity contribution in [2.45, 2.75) is 142 Å². The fraction of sp³-hybridized carbons (Fsp3) is 0.521. The third-order valence-electron chi connectivity index (χ3n) is 10.8. The van der Waals surface area contributed by atoms with E-state index in [1.807, 2.05) is 5.32 Å². The number of aliphatic carboxylic acids is 3. The Morgan fingerprint density at radius 3 is 1.75 bits per heavy atom. The summed E-state index contributed by atoms with van der Waals surface area (Å²) in [6.07, 6.45) is -11.2. The third-order valence-corrected chi connectivity index (χ3v) is 10.8. The predicted octanol–water partition coefficient (Wildman–Crippen LogP) is 1.59. The number of aryl methyl sites for hydroxylation is 1. The van der Waals surface area contributed by atoms with E-state index in [0.717, 1.165) is 0 Å². The Morgan fingerprint density at radius 1 is 0.630 bits per heavy atom. The standard InChI is InChI=1S/C48H64F3N7O15/c1-25(2)19-31(42(68)57-34(23-48(49,50)51)39(66)45(71)52-24-27-12-10-14-29(20-27)73-7)56-46(72)40(47(4,5)6)58-44(70)32(21-28-13-9-8-11-26(28)3)55-41(67)30(15-17-36(60)61)54-43(69)33(22-38(64)65)53-35(59)16-18-37(62)63/h8-14,20,25,30-34,40H,15-19,21-24H2,1-7H3,(H,52,71)(H,53,59)(H,54,69)(H,55,67)(H,56,72)(H,57,68)(H,58,70)(H,60,61)(H,62,63)(H,64,65)/t30-,31-,32-,33-,34?,40+/m0/s1. The Balaban J connectivity index is 2.49. The Hall–Kier alpha value is -7.60. The smallest absolute Gasteiger partial charge is 0.391 e. The second-order valence-electron chi connectivity index (χ2n) is 18.6. The van der Waals surface area contributed by atoms with Crippen LogP contribution in [-0.4, -0.2) is 130 Å². The monoisotopic (exact) mass is 1040 g/mol. The molecular formula is C48H64F3N7O15. The number of carbonyl (C=O) groups is 11. The number of carbonyl (C=O) groups excluding carboxylic acids is 8. The molecule has 1 unspecified atom stereocenters. The van der Waals surface area contributed by atoms with Gasteiger partial charge in [0.05, 0.1) is 26.4 Å². The fourth-order valence-electron chi connectivity index (χ4n) is 7.02. The van der Waals surface area contributed by atoms with E-state index < -0.39 is 157 Å². The summed E-state index contributed by atoms with van der Waals surface area (Å²) in [6.45, 7) is 9.17. The lowest BCUT2D eigenvalue weighted by molar-refractivity contribution is -0.154. The Bertz CT molecular complexity index is 2340. The molecule has 0 bridgehead atoms. The SMILES string of the molecule is COc1cccc(CNC(=O)C(=O)C(CC(F)(F)F)NC(=O)[C@H](CC(C)C)NC(=O)[C@@H](NC(=O)[C@H](Cc2ccccc2C)NC(=O)[C@H](CCC(=O)O)NC(=O)[C@H](CC(=O)O)NC(=O)CCC(=O)O)C(C)(C)C)c1. The Labute approximate surface area is 418 Å². The number of amides is 7. The van der Waals surface area contributed by atoms with Gasteiger partial charge in [-0.15, -0.1) is 0 Å². The van der Waals surface area contributed by atoms with Gasteiger partial charge in [-0.05, 0) is 59.9 Å². The molecule has 0 fully saturated rings. The molecule has 0 aromatic heterocycles. The number of nitrogens with one attached hydrogen (secondary N) is 7. The number of alkyl halides is 3. The van der Waals surface area contributed by atoms with Crippen molar-refractivity contribution in [1.82, 2.24) is 37.2 Å². The van der Waals surface area contributed by atoms with Crippen LogP contribution >= 0.6 is 0 Å². The largest absolute Gasteiger partial charge is 0.497 e. The van der Waals surface area contributed by atoms with Crippen LogP contribution in [0.25, 0.3) is 0 Å². The summed E-state index contributed by atoms with van der Waals surface area (Å²) < 4.78 is 46.7. The molecule has 0 saturated carbocycles. The maximum absolute atomic E-state index is 14.4. The van der Waals surface area contributed by atoms with Gasteiger partial charge in [-0.25, -0.2) is 0 Å². The summed E-state index contributed by atoms with van der Waals surface area (Å²) in [5.74, 6) is -14.3. The minimum atomic E-state index is -5.06. The fourth-order valence-corrected chi connectivity index (χ4v) is 7.02. The number of benzene rings is 2. The zero-order valence-corrected chi connectivity index (χ0v) is 41.4. The normalized spacial score (nSPS) is 13.8. The molecule has 0 aliphatic heterocycles. The second-order valence-corrected chi connectivity index (χ2v) is 18.6. The molecule has 0 heterocycles. The van der Waals surface area contributed by atoms with Crippen LogP contribution in [0, 0.1) is 18.3 Å². The number of carboxylic acid groups (broad SMARTS) is 3. The molecule has 25 heteroatoms. The first-order valence-electron chi connectivity index (χ1n) is 22.9. The molecular weight excluding hydrogens is 972 g/mol. The van der Waals surface area contributed by atoms with Gasteiger partial charge >= 0.3 is 24.1 Å². The summed E-state index contributed by atoms with van der Waals surface area (Å²) in [6, 6.07) is 1.89. The number of hydrogen-bond acceptors (Lipinski definition) is 12. The topological polar surface area (TPSA) is 342 Å². The zero-order chi connectivity index (χ0) is 55.4. The summed E-state index contributed by atoms with van der Waals surface area (Å²) >= 11 is 0. The van der Waals surface area contributed by atoms with E-state index in [1.54, 1.807) is 63.2 Å². The van der Waals surface area contributed by atoms with Crippen molar-refractivity contribution < 1.29 is 86.0 Å². The van der Waals surface area contributed by atoms with Crippen LogP contribution in [0.5, 0.6) is 5.75 Å². The van der Waals surface area contributed by atoms with E-state index in [2.05, 4.69) is 31.9 Å². The van der Waals surface area contributed by atoms with Crippen molar-refractivity contribution in [2.75, 3.05) is 7.11 Å². The molecule has 0 radical (unpaired) electrons. The second kappa shape index (κ2) is 28.4. The lowest BCUT2D eigenvalue weighted by Gasteiger charge is -2.34. The molecule has 0 aliphatic rings. The lowest BCUT2D eigenvalue weighted by atomic mass is 9.85. The van der Waals surface area contributed by atoms with Gasteiger partial charge in [0.1, 0.15) is 42.0 Å². The molecule has 0 spiro atoms. The van der Waals surface area contributed by atoms with Crippen molar-refractivity contribution in [2.24, 2.45) is 11.3 Å². The number of halogens is 3. The van der Waals surface area contributed by atoms with Crippen molar-refractivity contribution in [3.8, 4) is 5.75 Å². The summed E-state index contributed by atoms with van der Waals surface area (Å²) in [5.41, 5.74) is 0.332. The highest BCUT2D eigenvalue weighted by Gasteiger charge is 2.42. The molecule has 0 saturated heterocycles. The molecule has 22 nitrogen and oxygen atoms in total. The van der Waals surface area contributed by atoms with Crippen molar-refractivity contribution in [3.63, 3.8) is 0 Å². The minimum absolute atomic E-state index is 0.216. The first-order valence-corrected chi connectivity index (χ1v) is 22.9. The van der Waals surface area contributed by atoms with Crippen LogP contribution in [0.3, 0.4) is 0 Å². The highest BCUT2D eigenvalue weighted by molar-refractivity contribution is 6.38. The number of hydrogen-bond donors (Lipinski definition) is 10. The molecule has 0 aliphatic carbocycles. The van der Waals surface area contributed by atoms with Crippen molar-refractivity contribution >= 4 is 65.0 Å². The van der Waals surface area contributed by atoms with Crippen LogP contribution < -0.4 is 42.0 Å². The van der Waals surface area contributed by atoms with Gasteiger partial charge in [0, 0.05) is 25.8 Å². The zero-order valence-electron chi connectivity index (χ0n) is 41.4. The number of methoxy groups -OCH3 is 1. The summed E-state index contributed by atoms with van der Waals surface area (Å²) in [4.78, 5) is 143. The molecule has 2 aromatic rings. The van der Waals surface area contributed by atoms with Gasteiger partial charge in [-0.2, -0.15) is 13.2 Å². The van der Waals surface area contributed by atoms with Gasteiger partial charge in [0.2, 0.25) is 41.2 Å². The van der Waals surface area contributed by atoms with Crippen molar-refractivity contribution in [1.29, 1.82) is 0 Å². The maximum atomic E-state index is 14.4. The van der Waals surface area contributed by atoms with E-state index in [-0.39, 0.29) is 19.4 Å². The Morgan fingerprint density at radius 2 is 1.19 bits per heavy atom. The Kier molecular flexibility index (Phi) is 24.0. The average Bonchev–Trinajstić information content (AvgIpc) is 3.28. The molecule has 2 rings (SSSR count). The van der Waals surface area contributed by atoms with Crippen LogP contribution in [0.4, 0.5) is 13.2 Å². The van der Waals surface area contributed by atoms with E-state index in [1.165, 1.54) is 33.9 Å². The third kappa shape index (κ3) is 22.6. The highest BCUT2D eigenvalue weighted by Crippen LogP contribution is 2.24. The number of ether oxygens (including phenoxy) is 1. The van der Waals surface area contributed by atoms with E-state index in [4.69, 9.17) is 9.84 Å². The first-order chi connectivity index (χ1) is 33.9. The van der Waals surface area contributed by atoms with Crippen molar-refractivity contribution in [3.05, 3.63) is 65.2 Å². The van der Waals surface area contributed by atoms with Crippen LogP contribution in [0.2, 0.25) is 0 Å². The predicted molar refractivity (Wildman–Crippen MR) is 252 cm³/mol. The molecule has 2 aromatic carbocycles. The number of Topliss-reactive ketones (excluding diaryl/α,β-unsaturated/α-hetero) is 1. The molecule has 10 N–H and O–H groups in total. The quantitative estimate of drug-likeness (QED) is 0.0518. The van der Waals surface area contributed by atoms with Gasteiger partial charge in [0.25, 0.3) is 5.91 Å². The lowest BCUT2D eigenvalue weighted by Crippen LogP contribution is -2.62. The number of rotatable bonds is 29. The summed E-state index contributed by atoms with van der Waals surface area (Å²) in [5, 5.41) is 43.8. The maximum Gasteiger partial charge on any atom is 0.391 e. The highest BCUT2D eigenvalue weighted by atomic mass is 19.4. The van der Waals surface area contributed by atoms with Gasteiger partial charge in [-0.3, -0.25) is 52.7 Å². The van der Waals surface area contributed by atoms with Crippen LogP contribution in [0.15, 0.2) is 48.5 Å². The molecule has 402 valence electrons. The van der Waals surface area contributed by atoms with E-state index in [0.29, 0.717) is 22.4 Å². The van der Waals surface area contributed by atoms with Gasteiger partial charge in [-0.1, -0.05) is 71.0 Å². The van der Waals surface area contributed by atoms with E-state index in [9.17, 15) is 76.1 Å². The van der Waals surface area contributed by atoms with Crippen LogP contribution in [0.1, 0.15) is 96.3 Å². The van der Waals surface area contributed by atoms with Gasteiger partial charge < -0.3 is 57.3 Å². The minimum Gasteiger partial charge on any atom is -0.497 e. The number of ketones is 1. The number of carboxylic acids is 3. The first kappa shape index (κ1) is 61.5. The van der Waals surface area contributed by atoms with Crippen LogP contribution in [-0.2, 0) is 65.7 Å². The molecule has 6 atom stereocenters. The molecule has 73 heavy (non-hydrogen) atoms. The van der Waals surface area contributed by atoms with Gasteiger partial charge in [0.15, 0.2) is 0 Å².